The Morgan fingerprint density at radius 3 is 2.53 bits per heavy atom. The number of methoxy groups -OCH3 is 1. The van der Waals surface area contributed by atoms with Crippen molar-refractivity contribution in [2.45, 2.75) is 70.9 Å². The van der Waals surface area contributed by atoms with Gasteiger partial charge in [-0.15, -0.1) is 0 Å². The number of aromatic nitrogens is 2. The van der Waals surface area contributed by atoms with E-state index in [4.69, 9.17) is 25.8 Å². The molecule has 0 N–H and O–H groups in total. The Kier molecular flexibility index (Phi) is 10.4. The first kappa shape index (κ1) is 29.8. The molecule has 0 bridgehead atoms. The number of anilines is 1. The normalized spacial score (nSPS) is 18.0. The number of piperidine rings is 1. The third kappa shape index (κ3) is 8.10. The molecule has 12 heteroatoms. The SMILES string of the molecule is CC[C@@H]1C[C@H](N(Cc2cc(Cl)cc(C(F)(F)F)c2)c2ncc(OCCOC)cn2)CCN1C(=O)OC(C)C. The molecule has 8 nitrogen and oxygen atoms in total. The number of likely N-dealkylation sites (tertiary alicyclic amines) is 1. The summed E-state index contributed by atoms with van der Waals surface area (Å²) in [5.74, 6) is 0.793. The van der Waals surface area contributed by atoms with Gasteiger partial charge in [0, 0.05) is 37.3 Å². The molecule has 0 saturated carbocycles. The molecule has 0 spiro atoms. The van der Waals surface area contributed by atoms with Gasteiger partial charge in [0.05, 0.1) is 30.7 Å². The number of hydrogen-bond donors (Lipinski definition) is 0. The molecule has 2 heterocycles. The smallest absolute Gasteiger partial charge is 0.416 e. The number of rotatable bonds is 10. The molecule has 0 radical (unpaired) electrons. The van der Waals surface area contributed by atoms with Gasteiger partial charge in [-0.1, -0.05) is 18.5 Å². The Hall–Kier alpha value is -2.79. The zero-order valence-corrected chi connectivity index (χ0v) is 22.8. The van der Waals surface area contributed by atoms with Crippen molar-refractivity contribution < 1.29 is 32.2 Å². The molecule has 2 atom stereocenters. The maximum atomic E-state index is 13.5. The maximum absolute atomic E-state index is 13.5. The van der Waals surface area contributed by atoms with Gasteiger partial charge in [-0.05, 0) is 56.9 Å². The van der Waals surface area contributed by atoms with Crippen LogP contribution in [0.2, 0.25) is 5.02 Å². The summed E-state index contributed by atoms with van der Waals surface area (Å²) in [5, 5.41) is -0.00438. The largest absolute Gasteiger partial charge is 0.488 e. The second kappa shape index (κ2) is 13.3. The fourth-order valence-electron chi connectivity index (χ4n) is 4.45. The minimum Gasteiger partial charge on any atom is -0.488 e. The number of halogens is 4. The number of benzene rings is 1. The molecule has 1 amide bonds. The van der Waals surface area contributed by atoms with Crippen LogP contribution in [0.1, 0.15) is 51.2 Å². The van der Waals surface area contributed by atoms with E-state index in [1.807, 2.05) is 11.8 Å². The topological polar surface area (TPSA) is 77.0 Å². The summed E-state index contributed by atoms with van der Waals surface area (Å²) < 4.78 is 56.4. The van der Waals surface area contributed by atoms with Gasteiger partial charge in [-0.3, -0.25) is 0 Å². The van der Waals surface area contributed by atoms with E-state index in [1.54, 1.807) is 25.9 Å². The number of nitrogens with zero attached hydrogens (tertiary/aromatic N) is 4. The van der Waals surface area contributed by atoms with Crippen molar-refractivity contribution in [1.29, 1.82) is 0 Å². The first-order chi connectivity index (χ1) is 18.0. The third-order valence-electron chi connectivity index (χ3n) is 6.24. The summed E-state index contributed by atoms with van der Waals surface area (Å²) in [7, 11) is 1.57. The fourth-order valence-corrected chi connectivity index (χ4v) is 4.71. The van der Waals surface area contributed by atoms with Crippen molar-refractivity contribution in [1.82, 2.24) is 14.9 Å². The van der Waals surface area contributed by atoms with Crippen molar-refractivity contribution in [3.05, 3.63) is 46.7 Å². The molecule has 1 aliphatic heterocycles. The highest BCUT2D eigenvalue weighted by atomic mass is 35.5. The summed E-state index contributed by atoms with van der Waals surface area (Å²) in [6, 6.07) is 3.26. The summed E-state index contributed by atoms with van der Waals surface area (Å²) >= 11 is 6.06. The van der Waals surface area contributed by atoms with Gasteiger partial charge in [0.2, 0.25) is 5.95 Å². The Morgan fingerprint density at radius 1 is 1.21 bits per heavy atom. The van der Waals surface area contributed by atoms with E-state index in [1.165, 1.54) is 18.5 Å². The third-order valence-corrected chi connectivity index (χ3v) is 6.45. The van der Waals surface area contributed by atoms with Crippen molar-refractivity contribution in [3.63, 3.8) is 0 Å². The first-order valence-electron chi connectivity index (χ1n) is 12.6. The van der Waals surface area contributed by atoms with Gasteiger partial charge < -0.3 is 24.0 Å². The standard InChI is InChI=1S/C26H34ClF3N4O4/c1-5-21-13-22(6-7-33(21)25(35)38-17(2)3)34(24-31-14-23(15-32-24)37-9-8-36-4)16-18-10-19(26(28,29)30)12-20(27)11-18/h10-12,14-15,17,21-22H,5-9,13,16H2,1-4H3/t21-,22-/m1/s1. The van der Waals surface area contributed by atoms with E-state index in [0.717, 1.165) is 12.1 Å². The van der Waals surface area contributed by atoms with Crippen LogP contribution in [0.3, 0.4) is 0 Å². The summed E-state index contributed by atoms with van der Waals surface area (Å²) in [5.41, 5.74) is -0.441. The molecular weight excluding hydrogens is 525 g/mol. The second-order valence-corrected chi connectivity index (χ2v) is 9.84. The zero-order valence-electron chi connectivity index (χ0n) is 22.0. The highest BCUT2D eigenvalue weighted by Crippen LogP contribution is 2.34. The molecule has 1 aliphatic rings. The van der Waals surface area contributed by atoms with Crippen LogP contribution in [0, 0.1) is 0 Å². The Bertz CT molecular complexity index is 1060. The van der Waals surface area contributed by atoms with Gasteiger partial charge in [-0.2, -0.15) is 13.2 Å². The molecule has 1 aromatic carbocycles. The van der Waals surface area contributed by atoms with Gasteiger partial charge in [0.15, 0.2) is 5.75 Å². The van der Waals surface area contributed by atoms with Crippen molar-refractivity contribution in [3.8, 4) is 5.75 Å². The van der Waals surface area contributed by atoms with Crippen LogP contribution in [0.5, 0.6) is 5.75 Å². The van der Waals surface area contributed by atoms with Crippen LogP contribution in [-0.2, 0) is 22.2 Å². The zero-order chi connectivity index (χ0) is 27.9. The summed E-state index contributed by atoms with van der Waals surface area (Å²) in [6.07, 6.45) is -0.254. The van der Waals surface area contributed by atoms with E-state index in [-0.39, 0.29) is 35.8 Å². The molecular formula is C26H34ClF3N4O4. The van der Waals surface area contributed by atoms with E-state index in [9.17, 15) is 18.0 Å². The van der Waals surface area contributed by atoms with E-state index in [2.05, 4.69) is 9.97 Å². The number of alkyl halides is 3. The van der Waals surface area contributed by atoms with Crippen LogP contribution in [-0.4, -0.2) is 66.0 Å². The minimum absolute atomic E-state index is 0.00438. The van der Waals surface area contributed by atoms with Crippen molar-refractivity contribution >= 4 is 23.6 Å². The number of carbonyl (C=O) groups is 1. The number of carbonyl (C=O) groups excluding carboxylic acids is 1. The van der Waals surface area contributed by atoms with Gasteiger partial charge in [-0.25, -0.2) is 14.8 Å². The van der Waals surface area contributed by atoms with E-state index in [0.29, 0.717) is 56.3 Å². The average Bonchev–Trinajstić information content (AvgIpc) is 2.86. The maximum Gasteiger partial charge on any atom is 0.416 e. The number of ether oxygens (including phenoxy) is 3. The molecule has 1 fully saturated rings. The summed E-state index contributed by atoms with van der Waals surface area (Å²) in [4.78, 5) is 25.2. The molecule has 2 aromatic rings. The number of hydrogen-bond acceptors (Lipinski definition) is 7. The molecule has 1 aromatic heterocycles. The predicted molar refractivity (Wildman–Crippen MR) is 137 cm³/mol. The predicted octanol–water partition coefficient (Wildman–Crippen LogP) is 5.97. The Balaban J connectivity index is 1.89. The van der Waals surface area contributed by atoms with Gasteiger partial charge in [0.1, 0.15) is 6.61 Å². The minimum atomic E-state index is -4.53. The Morgan fingerprint density at radius 2 is 1.92 bits per heavy atom. The fraction of sp³-hybridized carbons (Fsp3) is 0.577. The lowest BCUT2D eigenvalue weighted by Gasteiger charge is -2.43. The van der Waals surface area contributed by atoms with Gasteiger partial charge >= 0.3 is 12.3 Å². The lowest BCUT2D eigenvalue weighted by Crippen LogP contribution is -2.52. The highest BCUT2D eigenvalue weighted by Gasteiger charge is 2.36. The van der Waals surface area contributed by atoms with Crippen molar-refractivity contribution in [2.75, 3.05) is 31.8 Å². The molecule has 0 aliphatic carbocycles. The van der Waals surface area contributed by atoms with Crippen LogP contribution >= 0.6 is 11.6 Å². The second-order valence-electron chi connectivity index (χ2n) is 9.40. The Labute approximate surface area is 226 Å². The lowest BCUT2D eigenvalue weighted by atomic mass is 9.94. The van der Waals surface area contributed by atoms with Gasteiger partial charge in [0.25, 0.3) is 0 Å². The molecule has 3 rings (SSSR count). The molecule has 0 unspecified atom stereocenters. The van der Waals surface area contributed by atoms with Crippen LogP contribution in [0.15, 0.2) is 30.6 Å². The van der Waals surface area contributed by atoms with E-state index < -0.39 is 11.7 Å². The number of amides is 1. The lowest BCUT2D eigenvalue weighted by molar-refractivity contribution is -0.137. The van der Waals surface area contributed by atoms with Crippen molar-refractivity contribution in [2.24, 2.45) is 0 Å². The summed E-state index contributed by atoms with van der Waals surface area (Å²) in [6.45, 7) is 6.86. The van der Waals surface area contributed by atoms with Crippen LogP contribution < -0.4 is 9.64 Å². The average molecular weight is 559 g/mol. The van der Waals surface area contributed by atoms with Crippen LogP contribution in [0.25, 0.3) is 0 Å². The molecule has 1 saturated heterocycles. The van der Waals surface area contributed by atoms with Crippen LogP contribution in [0.4, 0.5) is 23.9 Å². The molecule has 38 heavy (non-hydrogen) atoms. The first-order valence-corrected chi connectivity index (χ1v) is 12.9. The monoisotopic (exact) mass is 558 g/mol. The molecule has 210 valence electrons. The highest BCUT2D eigenvalue weighted by molar-refractivity contribution is 6.30. The quantitative estimate of drug-likeness (QED) is 0.333. The van der Waals surface area contributed by atoms with E-state index >= 15 is 0 Å².